The number of rotatable bonds is 8. The van der Waals surface area contributed by atoms with Crippen molar-refractivity contribution in [3.05, 3.63) is 0 Å². The van der Waals surface area contributed by atoms with Crippen LogP contribution in [-0.2, 0) is 4.79 Å². The second-order valence-electron chi connectivity index (χ2n) is 4.89. The molecule has 4 heteroatoms. The maximum atomic E-state index is 12.0. The van der Waals surface area contributed by atoms with Crippen molar-refractivity contribution < 1.29 is 9.90 Å². The molecule has 0 aromatic rings. The Balaban J connectivity index is 2.56. The molecule has 1 fully saturated rings. The Morgan fingerprint density at radius 2 is 2.00 bits per heavy atom. The number of amides is 1. The van der Waals surface area contributed by atoms with Crippen LogP contribution in [0.25, 0.3) is 0 Å². The van der Waals surface area contributed by atoms with E-state index < -0.39 is 0 Å². The summed E-state index contributed by atoms with van der Waals surface area (Å²) in [5, 5.41) is 12.2. The van der Waals surface area contributed by atoms with Gasteiger partial charge >= 0.3 is 0 Å². The Labute approximate surface area is 104 Å². The molecule has 1 aliphatic carbocycles. The van der Waals surface area contributed by atoms with Gasteiger partial charge in [-0.15, -0.1) is 0 Å². The third kappa shape index (κ3) is 4.28. The summed E-state index contributed by atoms with van der Waals surface area (Å²) in [6.07, 6.45) is 4.25. The van der Waals surface area contributed by atoms with Crippen LogP contribution in [0.2, 0.25) is 0 Å². The molecule has 100 valence electrons. The molecule has 0 aliphatic heterocycles. The summed E-state index contributed by atoms with van der Waals surface area (Å²) in [5.74, 6) is 0.104. The minimum absolute atomic E-state index is 0.104. The summed E-state index contributed by atoms with van der Waals surface area (Å²) in [6, 6.07) is 0.636. The highest BCUT2D eigenvalue weighted by Crippen LogP contribution is 2.20. The molecule has 2 N–H and O–H groups in total. The van der Waals surface area contributed by atoms with E-state index >= 15 is 0 Å². The molecular weight excluding hydrogens is 216 g/mol. The van der Waals surface area contributed by atoms with Crippen molar-refractivity contribution in [3.8, 4) is 0 Å². The molecule has 1 unspecified atom stereocenters. The molecule has 0 spiro atoms. The summed E-state index contributed by atoms with van der Waals surface area (Å²) in [6.45, 7) is 6.88. The number of nitrogens with one attached hydrogen (secondary N) is 1. The number of aliphatic hydroxyl groups is 1. The lowest BCUT2D eigenvalue weighted by molar-refractivity contribution is -0.127. The van der Waals surface area contributed by atoms with E-state index in [1.807, 2.05) is 6.92 Å². The SMILES string of the molecule is CCC(CC)N(CCO)C(C)C(=O)NC1CC1. The Morgan fingerprint density at radius 3 is 2.41 bits per heavy atom. The lowest BCUT2D eigenvalue weighted by Gasteiger charge is -2.34. The third-order valence-corrected chi connectivity index (χ3v) is 3.57. The zero-order valence-corrected chi connectivity index (χ0v) is 11.3. The number of carbonyl (C=O) groups excluding carboxylic acids is 1. The normalized spacial score (nSPS) is 17.5. The Bertz CT molecular complexity index is 238. The molecule has 0 radical (unpaired) electrons. The lowest BCUT2D eigenvalue weighted by Crippen LogP contribution is -2.51. The van der Waals surface area contributed by atoms with Crippen molar-refractivity contribution in [2.45, 2.75) is 64.6 Å². The summed E-state index contributed by atoms with van der Waals surface area (Å²) in [4.78, 5) is 14.1. The predicted octanol–water partition coefficient (Wildman–Crippen LogP) is 1.14. The third-order valence-electron chi connectivity index (χ3n) is 3.57. The fourth-order valence-electron chi connectivity index (χ4n) is 2.27. The number of carbonyl (C=O) groups is 1. The van der Waals surface area contributed by atoms with Crippen LogP contribution in [0.15, 0.2) is 0 Å². The van der Waals surface area contributed by atoms with E-state index in [1.54, 1.807) is 0 Å². The zero-order valence-electron chi connectivity index (χ0n) is 11.3. The van der Waals surface area contributed by atoms with Gasteiger partial charge in [-0.1, -0.05) is 13.8 Å². The average Bonchev–Trinajstić information content (AvgIpc) is 3.12. The van der Waals surface area contributed by atoms with Crippen molar-refractivity contribution >= 4 is 5.91 Å². The van der Waals surface area contributed by atoms with E-state index in [2.05, 4.69) is 24.1 Å². The molecule has 1 saturated carbocycles. The van der Waals surface area contributed by atoms with Crippen LogP contribution in [0.3, 0.4) is 0 Å². The molecule has 0 aromatic heterocycles. The summed E-state index contributed by atoms with van der Waals surface area (Å²) in [5.41, 5.74) is 0. The first-order valence-electron chi connectivity index (χ1n) is 6.80. The fourth-order valence-corrected chi connectivity index (χ4v) is 2.27. The van der Waals surface area contributed by atoms with Gasteiger partial charge < -0.3 is 10.4 Å². The van der Waals surface area contributed by atoms with Crippen LogP contribution in [-0.4, -0.2) is 47.2 Å². The van der Waals surface area contributed by atoms with E-state index in [-0.39, 0.29) is 18.6 Å². The van der Waals surface area contributed by atoms with E-state index in [0.717, 1.165) is 25.7 Å². The van der Waals surface area contributed by atoms with Crippen molar-refractivity contribution in [1.82, 2.24) is 10.2 Å². The lowest BCUT2D eigenvalue weighted by atomic mass is 10.1. The fraction of sp³-hybridized carbons (Fsp3) is 0.923. The van der Waals surface area contributed by atoms with Gasteiger partial charge in [0.1, 0.15) is 0 Å². The van der Waals surface area contributed by atoms with Gasteiger partial charge in [0.15, 0.2) is 0 Å². The van der Waals surface area contributed by atoms with E-state index in [1.165, 1.54) is 0 Å². The van der Waals surface area contributed by atoms with Gasteiger partial charge in [-0.25, -0.2) is 0 Å². The van der Waals surface area contributed by atoms with Gasteiger partial charge in [-0.3, -0.25) is 9.69 Å². The van der Waals surface area contributed by atoms with Crippen LogP contribution >= 0.6 is 0 Å². The van der Waals surface area contributed by atoms with Gasteiger partial charge in [0.2, 0.25) is 5.91 Å². The predicted molar refractivity (Wildman–Crippen MR) is 68.8 cm³/mol. The zero-order chi connectivity index (χ0) is 12.8. The second-order valence-corrected chi connectivity index (χ2v) is 4.89. The minimum Gasteiger partial charge on any atom is -0.395 e. The van der Waals surface area contributed by atoms with Crippen LogP contribution in [0, 0.1) is 0 Å². The van der Waals surface area contributed by atoms with Gasteiger partial charge in [-0.2, -0.15) is 0 Å². The van der Waals surface area contributed by atoms with Gasteiger partial charge in [0.25, 0.3) is 0 Å². The van der Waals surface area contributed by atoms with Gasteiger partial charge in [-0.05, 0) is 32.6 Å². The maximum absolute atomic E-state index is 12.0. The average molecular weight is 242 g/mol. The first kappa shape index (κ1) is 14.5. The molecule has 0 saturated heterocycles. The molecule has 1 rings (SSSR count). The first-order chi connectivity index (χ1) is 8.13. The minimum atomic E-state index is -0.146. The van der Waals surface area contributed by atoms with Gasteiger partial charge in [0, 0.05) is 18.6 Å². The van der Waals surface area contributed by atoms with Crippen LogP contribution < -0.4 is 5.32 Å². The van der Waals surface area contributed by atoms with Crippen LogP contribution in [0.4, 0.5) is 0 Å². The summed E-state index contributed by atoms with van der Waals surface area (Å²) < 4.78 is 0. The number of hydrogen-bond donors (Lipinski definition) is 2. The van der Waals surface area contributed by atoms with Crippen molar-refractivity contribution in [3.63, 3.8) is 0 Å². The van der Waals surface area contributed by atoms with Gasteiger partial charge in [0.05, 0.1) is 12.6 Å². The monoisotopic (exact) mass is 242 g/mol. The van der Waals surface area contributed by atoms with Crippen LogP contribution in [0.1, 0.15) is 46.5 Å². The van der Waals surface area contributed by atoms with Crippen molar-refractivity contribution in [2.75, 3.05) is 13.2 Å². The summed E-state index contributed by atoms with van der Waals surface area (Å²) in [7, 11) is 0. The molecule has 1 atom stereocenters. The quantitative estimate of drug-likeness (QED) is 0.671. The summed E-state index contributed by atoms with van der Waals surface area (Å²) >= 11 is 0. The highest BCUT2D eigenvalue weighted by atomic mass is 16.3. The second kappa shape index (κ2) is 6.97. The highest BCUT2D eigenvalue weighted by molar-refractivity contribution is 5.81. The molecule has 1 aliphatic rings. The molecule has 4 nitrogen and oxygen atoms in total. The molecule has 17 heavy (non-hydrogen) atoms. The molecule has 1 amide bonds. The van der Waals surface area contributed by atoms with Crippen molar-refractivity contribution in [2.24, 2.45) is 0 Å². The van der Waals surface area contributed by atoms with E-state index in [4.69, 9.17) is 5.11 Å². The maximum Gasteiger partial charge on any atom is 0.237 e. The largest absolute Gasteiger partial charge is 0.395 e. The molecule has 0 bridgehead atoms. The number of hydrogen-bond acceptors (Lipinski definition) is 3. The Kier molecular flexibility index (Phi) is 5.92. The van der Waals surface area contributed by atoms with E-state index in [9.17, 15) is 4.79 Å². The van der Waals surface area contributed by atoms with E-state index in [0.29, 0.717) is 18.6 Å². The standard InChI is InChI=1S/C13H26N2O2/c1-4-12(5-2)15(8-9-16)10(3)13(17)14-11-6-7-11/h10-12,16H,4-9H2,1-3H3,(H,14,17). The number of aliphatic hydroxyl groups excluding tert-OH is 1. The first-order valence-corrected chi connectivity index (χ1v) is 6.80. The Hall–Kier alpha value is -0.610. The smallest absolute Gasteiger partial charge is 0.237 e. The highest BCUT2D eigenvalue weighted by Gasteiger charge is 2.30. The molecule has 0 aromatic carbocycles. The number of nitrogens with zero attached hydrogens (tertiary/aromatic N) is 1. The van der Waals surface area contributed by atoms with Crippen molar-refractivity contribution in [1.29, 1.82) is 0 Å². The van der Waals surface area contributed by atoms with Crippen LogP contribution in [0.5, 0.6) is 0 Å². The topological polar surface area (TPSA) is 52.6 Å². The molecular formula is C13H26N2O2. The molecule has 0 heterocycles. The Morgan fingerprint density at radius 1 is 1.41 bits per heavy atom.